The van der Waals surface area contributed by atoms with Crippen LogP contribution in [0.2, 0.25) is 5.15 Å². The van der Waals surface area contributed by atoms with Crippen LogP contribution in [0.15, 0.2) is 36.7 Å². The number of carbonyl (C=O) groups is 2. The fourth-order valence-corrected chi connectivity index (χ4v) is 3.14. The fraction of sp³-hybridized carbons (Fsp3) is 0.391. The van der Waals surface area contributed by atoms with Crippen molar-refractivity contribution in [1.29, 1.82) is 0 Å². The SMILES string of the molecule is Cc1cnc(Cl)cc1N(C(=O)OC(C)(C)C)c1ccc2c(cnn2C(=O)OC(C)(C)C)c1. The van der Waals surface area contributed by atoms with Crippen LogP contribution in [0.1, 0.15) is 47.1 Å². The van der Waals surface area contributed by atoms with Crippen LogP contribution in [-0.4, -0.2) is 38.2 Å². The normalized spacial score (nSPS) is 12.0. The summed E-state index contributed by atoms with van der Waals surface area (Å²) >= 11 is 6.12. The minimum absolute atomic E-state index is 0.248. The lowest BCUT2D eigenvalue weighted by Crippen LogP contribution is -2.34. The molecule has 170 valence electrons. The van der Waals surface area contributed by atoms with Gasteiger partial charge in [-0.2, -0.15) is 9.78 Å². The highest BCUT2D eigenvalue weighted by atomic mass is 35.5. The molecule has 0 atom stereocenters. The highest BCUT2D eigenvalue weighted by molar-refractivity contribution is 6.29. The predicted molar refractivity (Wildman–Crippen MR) is 124 cm³/mol. The molecule has 0 bridgehead atoms. The molecule has 1 aromatic carbocycles. The first-order valence-corrected chi connectivity index (χ1v) is 10.5. The van der Waals surface area contributed by atoms with E-state index >= 15 is 0 Å². The van der Waals surface area contributed by atoms with Gasteiger partial charge in [-0.3, -0.25) is 0 Å². The van der Waals surface area contributed by atoms with Crippen molar-refractivity contribution in [3.8, 4) is 0 Å². The number of halogens is 1. The second-order valence-corrected chi connectivity index (χ2v) is 9.78. The number of hydrogen-bond acceptors (Lipinski definition) is 6. The van der Waals surface area contributed by atoms with E-state index in [1.807, 2.05) is 6.92 Å². The minimum atomic E-state index is -0.703. The first kappa shape index (κ1) is 23.5. The quantitative estimate of drug-likeness (QED) is 0.422. The van der Waals surface area contributed by atoms with E-state index in [1.165, 1.54) is 9.58 Å². The first-order valence-electron chi connectivity index (χ1n) is 10.1. The van der Waals surface area contributed by atoms with Crippen molar-refractivity contribution < 1.29 is 19.1 Å². The molecule has 0 aliphatic heterocycles. The minimum Gasteiger partial charge on any atom is -0.443 e. The zero-order chi connectivity index (χ0) is 23.8. The van der Waals surface area contributed by atoms with Gasteiger partial charge in [0, 0.05) is 17.6 Å². The second kappa shape index (κ2) is 8.43. The van der Waals surface area contributed by atoms with Crippen molar-refractivity contribution >= 4 is 46.1 Å². The Morgan fingerprint density at radius 2 is 1.66 bits per heavy atom. The molecule has 0 fully saturated rings. The smallest absolute Gasteiger partial charge is 0.435 e. The van der Waals surface area contributed by atoms with Crippen molar-refractivity contribution in [2.75, 3.05) is 4.90 Å². The molecule has 2 aromatic heterocycles. The number of carbonyl (C=O) groups excluding carboxylic acids is 2. The topological polar surface area (TPSA) is 86.6 Å². The molecule has 3 rings (SSSR count). The van der Waals surface area contributed by atoms with Gasteiger partial charge in [-0.1, -0.05) is 11.6 Å². The number of benzene rings is 1. The second-order valence-electron chi connectivity index (χ2n) is 9.39. The summed E-state index contributed by atoms with van der Waals surface area (Å²) in [5.74, 6) is 0. The van der Waals surface area contributed by atoms with Crippen LogP contribution in [0.25, 0.3) is 10.9 Å². The van der Waals surface area contributed by atoms with Gasteiger partial charge in [-0.25, -0.2) is 19.5 Å². The highest BCUT2D eigenvalue weighted by Gasteiger charge is 2.27. The number of hydrogen-bond donors (Lipinski definition) is 0. The highest BCUT2D eigenvalue weighted by Crippen LogP contribution is 2.33. The molecule has 32 heavy (non-hydrogen) atoms. The molecular weight excluding hydrogens is 432 g/mol. The van der Waals surface area contributed by atoms with Crippen LogP contribution < -0.4 is 4.90 Å². The van der Waals surface area contributed by atoms with E-state index in [1.54, 1.807) is 78.2 Å². The van der Waals surface area contributed by atoms with Crippen molar-refractivity contribution in [1.82, 2.24) is 14.8 Å². The average Bonchev–Trinajstić information content (AvgIpc) is 3.05. The lowest BCUT2D eigenvalue weighted by atomic mass is 10.1. The third-order valence-corrected chi connectivity index (χ3v) is 4.44. The van der Waals surface area contributed by atoms with Gasteiger partial charge < -0.3 is 9.47 Å². The summed E-state index contributed by atoms with van der Waals surface area (Å²) < 4.78 is 12.2. The molecule has 0 saturated carbocycles. The molecule has 0 radical (unpaired) electrons. The molecule has 0 saturated heterocycles. The van der Waals surface area contributed by atoms with Crippen LogP contribution in [0.5, 0.6) is 0 Å². The standard InChI is InChI=1S/C23H27ClN4O4/c1-14-12-25-19(24)11-18(14)27(20(29)31-22(2,3)4)16-8-9-17-15(10-16)13-26-28(17)21(30)32-23(5,6)7/h8-13H,1-7H3. The maximum absolute atomic E-state index is 13.2. The van der Waals surface area contributed by atoms with Gasteiger partial charge in [0.2, 0.25) is 0 Å². The predicted octanol–water partition coefficient (Wildman–Crippen LogP) is 6.25. The number of amides is 1. The number of ether oxygens (including phenoxy) is 2. The summed E-state index contributed by atoms with van der Waals surface area (Å²) in [7, 11) is 0. The van der Waals surface area contributed by atoms with E-state index < -0.39 is 23.4 Å². The maximum Gasteiger partial charge on any atom is 0.435 e. The lowest BCUT2D eigenvalue weighted by molar-refractivity contribution is 0.0521. The van der Waals surface area contributed by atoms with Crippen molar-refractivity contribution in [2.24, 2.45) is 0 Å². The Hall–Kier alpha value is -3.13. The molecule has 9 heteroatoms. The van der Waals surface area contributed by atoms with E-state index in [9.17, 15) is 9.59 Å². The number of rotatable bonds is 2. The summed E-state index contributed by atoms with van der Waals surface area (Å²) in [6, 6.07) is 6.77. The van der Waals surface area contributed by atoms with Gasteiger partial charge in [0.1, 0.15) is 16.4 Å². The molecule has 0 aliphatic carbocycles. The maximum atomic E-state index is 13.2. The summed E-state index contributed by atoms with van der Waals surface area (Å²) in [4.78, 5) is 31.2. The van der Waals surface area contributed by atoms with Crippen LogP contribution >= 0.6 is 11.6 Å². The Kier molecular flexibility index (Phi) is 6.20. The number of anilines is 2. The van der Waals surface area contributed by atoms with Crippen molar-refractivity contribution in [2.45, 2.75) is 59.7 Å². The monoisotopic (exact) mass is 458 g/mol. The molecular formula is C23H27ClN4O4. The number of nitrogens with zero attached hydrogens (tertiary/aromatic N) is 4. The summed E-state index contributed by atoms with van der Waals surface area (Å²) in [6.45, 7) is 12.6. The molecule has 0 spiro atoms. The zero-order valence-corrected chi connectivity index (χ0v) is 20.0. The largest absolute Gasteiger partial charge is 0.443 e. The van der Waals surface area contributed by atoms with Crippen molar-refractivity contribution in [3.63, 3.8) is 0 Å². The van der Waals surface area contributed by atoms with Gasteiger partial charge in [-0.15, -0.1) is 0 Å². The summed E-state index contributed by atoms with van der Waals surface area (Å²) in [6.07, 6.45) is 1.99. The molecule has 2 heterocycles. The third-order valence-electron chi connectivity index (χ3n) is 4.23. The zero-order valence-electron chi connectivity index (χ0n) is 19.3. The Morgan fingerprint density at radius 1 is 1.00 bits per heavy atom. The van der Waals surface area contributed by atoms with E-state index in [4.69, 9.17) is 21.1 Å². The van der Waals surface area contributed by atoms with Crippen LogP contribution in [0.3, 0.4) is 0 Å². The van der Waals surface area contributed by atoms with Crippen LogP contribution in [-0.2, 0) is 9.47 Å². The molecule has 3 aromatic rings. The molecule has 0 aliphatic rings. The number of aryl methyl sites for hydroxylation is 1. The average molecular weight is 459 g/mol. The first-order chi connectivity index (χ1) is 14.7. The Morgan fingerprint density at radius 3 is 2.28 bits per heavy atom. The number of pyridine rings is 1. The summed E-state index contributed by atoms with van der Waals surface area (Å²) in [5, 5.41) is 5.07. The van der Waals surface area contributed by atoms with E-state index in [-0.39, 0.29) is 5.15 Å². The molecule has 8 nitrogen and oxygen atoms in total. The van der Waals surface area contributed by atoms with Gasteiger partial charge >= 0.3 is 12.2 Å². The molecule has 0 N–H and O–H groups in total. The van der Waals surface area contributed by atoms with E-state index in [0.717, 1.165) is 5.56 Å². The van der Waals surface area contributed by atoms with Gasteiger partial charge in [-0.05, 0) is 72.2 Å². The van der Waals surface area contributed by atoms with E-state index in [2.05, 4.69) is 10.1 Å². The van der Waals surface area contributed by atoms with Gasteiger partial charge in [0.15, 0.2) is 0 Å². The van der Waals surface area contributed by atoms with E-state index in [0.29, 0.717) is 22.3 Å². The Bertz CT molecular complexity index is 1170. The van der Waals surface area contributed by atoms with Crippen LogP contribution in [0, 0.1) is 6.92 Å². The third kappa shape index (κ3) is 5.37. The Balaban J connectivity index is 2.09. The van der Waals surface area contributed by atoms with Crippen molar-refractivity contribution in [3.05, 3.63) is 47.4 Å². The van der Waals surface area contributed by atoms with Gasteiger partial charge in [0.25, 0.3) is 0 Å². The molecule has 0 unspecified atom stereocenters. The molecule has 1 amide bonds. The Labute approximate surface area is 192 Å². The summed E-state index contributed by atoms with van der Waals surface area (Å²) in [5.41, 5.74) is 1.01. The lowest BCUT2D eigenvalue weighted by Gasteiger charge is -2.28. The van der Waals surface area contributed by atoms with Gasteiger partial charge in [0.05, 0.1) is 23.1 Å². The fourth-order valence-electron chi connectivity index (χ4n) is 2.99. The van der Waals surface area contributed by atoms with Crippen LogP contribution in [0.4, 0.5) is 21.0 Å². The number of fused-ring (bicyclic) bond motifs is 1. The number of aromatic nitrogens is 3.